The lowest BCUT2D eigenvalue weighted by Crippen LogP contribution is -1.98. The fourth-order valence-electron chi connectivity index (χ4n) is 2.93. The van der Waals surface area contributed by atoms with Crippen LogP contribution in [-0.4, -0.2) is 0 Å². The van der Waals surface area contributed by atoms with E-state index in [1.54, 1.807) is 24.3 Å². The van der Waals surface area contributed by atoms with Crippen LogP contribution < -0.4 is 0 Å². The molecule has 0 aromatic heterocycles. The summed E-state index contributed by atoms with van der Waals surface area (Å²) in [7, 11) is 0. The summed E-state index contributed by atoms with van der Waals surface area (Å²) in [6, 6.07) is 13.6. The Bertz CT molecular complexity index is 1070. The van der Waals surface area contributed by atoms with Gasteiger partial charge in [0.05, 0.1) is 0 Å². The van der Waals surface area contributed by atoms with Crippen LogP contribution in [0.4, 0.5) is 17.6 Å². The highest BCUT2D eigenvalue weighted by Crippen LogP contribution is 2.36. The third kappa shape index (κ3) is 1.58. The van der Waals surface area contributed by atoms with Gasteiger partial charge in [0.1, 0.15) is 0 Å². The van der Waals surface area contributed by atoms with Crippen molar-refractivity contribution in [1.82, 2.24) is 0 Å². The predicted molar refractivity (Wildman–Crippen MR) is 78.8 cm³/mol. The molecule has 0 saturated heterocycles. The van der Waals surface area contributed by atoms with Crippen molar-refractivity contribution < 1.29 is 17.6 Å². The quantitative estimate of drug-likeness (QED) is 0.169. The van der Waals surface area contributed by atoms with Crippen molar-refractivity contribution in [1.29, 1.82) is 0 Å². The molecule has 0 saturated carbocycles. The molecule has 0 N–H and O–H groups in total. The van der Waals surface area contributed by atoms with Gasteiger partial charge in [-0.1, -0.05) is 48.5 Å². The smallest absolute Gasteiger partial charge is 0.198 e. The summed E-state index contributed by atoms with van der Waals surface area (Å²) in [4.78, 5) is 0. The maximum absolute atomic E-state index is 14.3. The lowest BCUT2D eigenvalue weighted by molar-refractivity contribution is 0.418. The summed E-state index contributed by atoms with van der Waals surface area (Å²) < 4.78 is 55.4. The van der Waals surface area contributed by atoms with Crippen molar-refractivity contribution in [3.05, 3.63) is 71.8 Å². The zero-order valence-corrected chi connectivity index (χ0v) is 11.1. The molecule has 0 aliphatic carbocycles. The molecule has 0 atom stereocenters. The van der Waals surface area contributed by atoms with Gasteiger partial charge in [0.15, 0.2) is 23.3 Å². The number of halogens is 4. The molecule has 4 aromatic rings. The maximum Gasteiger partial charge on any atom is 0.198 e. The fourth-order valence-corrected chi connectivity index (χ4v) is 2.93. The molecule has 0 aliphatic rings. The first kappa shape index (κ1) is 13.1. The molecule has 0 fully saturated rings. The van der Waals surface area contributed by atoms with Crippen molar-refractivity contribution in [2.24, 2.45) is 0 Å². The minimum absolute atomic E-state index is 0.231. The van der Waals surface area contributed by atoms with Gasteiger partial charge in [-0.15, -0.1) is 0 Å². The molecule has 22 heavy (non-hydrogen) atoms. The standard InChI is InChI=1S/C18H8F4/c19-15-12-8-7-10-6-5-9-3-1-2-4-11(9)13(10)14(12)16(20)18(22)17(15)21/h1-8H. The minimum atomic E-state index is -1.79. The Morgan fingerprint density at radius 3 is 1.91 bits per heavy atom. The van der Waals surface area contributed by atoms with E-state index in [1.807, 2.05) is 18.2 Å². The summed E-state index contributed by atoms with van der Waals surface area (Å²) in [5.74, 6) is -6.31. The van der Waals surface area contributed by atoms with Gasteiger partial charge in [0, 0.05) is 16.2 Å². The summed E-state index contributed by atoms with van der Waals surface area (Å²) >= 11 is 0. The molecule has 0 bridgehead atoms. The normalized spacial score (nSPS) is 11.6. The van der Waals surface area contributed by atoms with E-state index in [4.69, 9.17) is 0 Å². The van der Waals surface area contributed by atoms with Crippen molar-refractivity contribution in [2.75, 3.05) is 0 Å². The second kappa shape index (κ2) is 4.44. The van der Waals surface area contributed by atoms with Crippen molar-refractivity contribution in [2.45, 2.75) is 0 Å². The summed E-state index contributed by atoms with van der Waals surface area (Å²) in [6.45, 7) is 0. The number of hydrogen-bond acceptors (Lipinski definition) is 0. The molecule has 0 amide bonds. The highest BCUT2D eigenvalue weighted by atomic mass is 19.2. The number of benzene rings is 4. The number of rotatable bonds is 0. The number of fused-ring (bicyclic) bond motifs is 5. The second-order valence-corrected chi connectivity index (χ2v) is 5.13. The molecule has 4 aromatic carbocycles. The predicted octanol–water partition coefficient (Wildman–Crippen LogP) is 5.70. The van der Waals surface area contributed by atoms with Crippen LogP contribution in [0.1, 0.15) is 0 Å². The first-order chi connectivity index (χ1) is 10.6. The van der Waals surface area contributed by atoms with Crippen LogP contribution in [0.2, 0.25) is 0 Å². The van der Waals surface area contributed by atoms with Crippen molar-refractivity contribution in [3.8, 4) is 0 Å². The molecule has 0 aliphatic heterocycles. The molecule has 4 heteroatoms. The summed E-state index contributed by atoms with van der Waals surface area (Å²) in [5.41, 5.74) is 0. The van der Waals surface area contributed by atoms with Crippen LogP contribution >= 0.6 is 0 Å². The highest BCUT2D eigenvalue weighted by molar-refractivity contribution is 6.20. The van der Waals surface area contributed by atoms with E-state index in [0.717, 1.165) is 5.39 Å². The summed E-state index contributed by atoms with van der Waals surface area (Å²) in [6.07, 6.45) is 0. The molecule has 0 heterocycles. The van der Waals surface area contributed by atoms with E-state index >= 15 is 0 Å². The Hall–Kier alpha value is -2.62. The average molecular weight is 300 g/mol. The molecule has 4 rings (SSSR count). The van der Waals surface area contributed by atoms with E-state index in [1.165, 1.54) is 6.07 Å². The number of hydrogen-bond donors (Lipinski definition) is 0. The van der Waals surface area contributed by atoms with Crippen LogP contribution in [0, 0.1) is 23.3 Å². The minimum Gasteiger partial charge on any atom is -0.203 e. The van der Waals surface area contributed by atoms with Crippen LogP contribution in [-0.2, 0) is 0 Å². The monoisotopic (exact) mass is 300 g/mol. The third-order valence-corrected chi connectivity index (χ3v) is 3.94. The molecular formula is C18H8F4. The van der Waals surface area contributed by atoms with Gasteiger partial charge in [-0.2, -0.15) is 0 Å². The Kier molecular flexibility index (Phi) is 2.64. The molecule has 0 spiro atoms. The first-order valence-electron chi connectivity index (χ1n) is 6.65. The van der Waals surface area contributed by atoms with E-state index < -0.39 is 23.3 Å². The zero-order chi connectivity index (χ0) is 15.4. The van der Waals surface area contributed by atoms with Crippen LogP contribution in [0.15, 0.2) is 48.5 Å². The van der Waals surface area contributed by atoms with E-state index in [-0.39, 0.29) is 10.8 Å². The van der Waals surface area contributed by atoms with Crippen molar-refractivity contribution in [3.63, 3.8) is 0 Å². The molecule has 0 unspecified atom stereocenters. The van der Waals surface area contributed by atoms with Crippen molar-refractivity contribution >= 4 is 32.3 Å². The van der Waals surface area contributed by atoms with Gasteiger partial charge in [0.2, 0.25) is 0 Å². The van der Waals surface area contributed by atoms with E-state index in [2.05, 4.69) is 0 Å². The van der Waals surface area contributed by atoms with Gasteiger partial charge in [0.25, 0.3) is 0 Å². The lowest BCUT2D eigenvalue weighted by Gasteiger charge is -2.10. The Labute approximate surface area is 122 Å². The Balaban J connectivity index is 2.40. The van der Waals surface area contributed by atoms with Crippen LogP contribution in [0.25, 0.3) is 32.3 Å². The maximum atomic E-state index is 14.3. The zero-order valence-electron chi connectivity index (χ0n) is 11.1. The highest BCUT2D eigenvalue weighted by Gasteiger charge is 2.22. The Morgan fingerprint density at radius 1 is 0.455 bits per heavy atom. The molecular weight excluding hydrogens is 292 g/mol. The second-order valence-electron chi connectivity index (χ2n) is 5.13. The molecule has 108 valence electrons. The van der Waals surface area contributed by atoms with Crippen LogP contribution in [0.5, 0.6) is 0 Å². The average Bonchev–Trinajstić information content (AvgIpc) is 2.56. The van der Waals surface area contributed by atoms with Crippen LogP contribution in [0.3, 0.4) is 0 Å². The van der Waals surface area contributed by atoms with E-state index in [0.29, 0.717) is 16.2 Å². The molecule has 0 nitrogen and oxygen atoms in total. The van der Waals surface area contributed by atoms with Gasteiger partial charge in [-0.05, 0) is 16.2 Å². The first-order valence-corrected chi connectivity index (χ1v) is 6.65. The van der Waals surface area contributed by atoms with Gasteiger partial charge >= 0.3 is 0 Å². The van der Waals surface area contributed by atoms with E-state index in [9.17, 15) is 17.6 Å². The topological polar surface area (TPSA) is 0 Å². The van der Waals surface area contributed by atoms with Gasteiger partial charge < -0.3 is 0 Å². The molecule has 0 radical (unpaired) electrons. The third-order valence-electron chi connectivity index (χ3n) is 3.94. The summed E-state index contributed by atoms with van der Waals surface area (Å²) in [5, 5.41) is 1.99. The Morgan fingerprint density at radius 2 is 1.09 bits per heavy atom. The fraction of sp³-hybridized carbons (Fsp3) is 0. The largest absolute Gasteiger partial charge is 0.203 e. The van der Waals surface area contributed by atoms with Gasteiger partial charge in [-0.3, -0.25) is 0 Å². The van der Waals surface area contributed by atoms with Gasteiger partial charge in [-0.25, -0.2) is 17.6 Å². The lowest BCUT2D eigenvalue weighted by atomic mass is 9.95. The SMILES string of the molecule is Fc1c(F)c(F)c2c(ccc3ccc4ccccc4c32)c1F.